The minimum atomic E-state index is -0.721. The summed E-state index contributed by atoms with van der Waals surface area (Å²) in [4.78, 5) is 12.7. The van der Waals surface area contributed by atoms with Crippen molar-refractivity contribution < 1.29 is 14.8 Å². The molecule has 1 rings (SSSR count). The van der Waals surface area contributed by atoms with Crippen LogP contribution in [0.4, 0.5) is 11.4 Å². The normalized spacial score (nSPS) is 12.2. The summed E-state index contributed by atoms with van der Waals surface area (Å²) in [5.41, 5.74) is 1.12. The van der Waals surface area contributed by atoms with E-state index in [9.17, 15) is 15.2 Å². The zero-order valence-electron chi connectivity index (χ0n) is 12.2. The van der Waals surface area contributed by atoms with Gasteiger partial charge in [-0.15, -0.1) is 0 Å². The highest BCUT2D eigenvalue weighted by atomic mass is 16.6. The van der Waals surface area contributed by atoms with Gasteiger partial charge in [0.25, 0.3) is 5.69 Å². The lowest BCUT2D eigenvalue weighted by Gasteiger charge is -2.23. The number of benzene rings is 1. The van der Waals surface area contributed by atoms with Gasteiger partial charge in [0.15, 0.2) is 0 Å². The predicted octanol–water partition coefficient (Wildman–Crippen LogP) is 2.51. The highest BCUT2D eigenvalue weighted by molar-refractivity contribution is 5.64. The van der Waals surface area contributed by atoms with Gasteiger partial charge in [-0.3, -0.25) is 10.1 Å². The van der Waals surface area contributed by atoms with Crippen LogP contribution in [0, 0.1) is 10.1 Å². The van der Waals surface area contributed by atoms with Crippen LogP contribution in [0.1, 0.15) is 32.4 Å². The van der Waals surface area contributed by atoms with Crippen molar-refractivity contribution in [2.45, 2.75) is 26.9 Å². The summed E-state index contributed by atoms with van der Waals surface area (Å²) in [6.07, 6.45) is -0.721. The highest BCUT2D eigenvalue weighted by Crippen LogP contribution is 2.31. The fourth-order valence-corrected chi connectivity index (χ4v) is 1.98. The Labute approximate surface area is 119 Å². The molecule has 6 nitrogen and oxygen atoms in total. The fourth-order valence-electron chi connectivity index (χ4n) is 1.98. The number of nitrogens with zero attached hydrogens (tertiary/aromatic N) is 2. The van der Waals surface area contributed by atoms with Crippen LogP contribution in [0.15, 0.2) is 18.2 Å². The number of hydrogen-bond donors (Lipinski definition) is 1. The Balaban J connectivity index is 3.04. The number of rotatable bonds is 8. The number of anilines is 1. The van der Waals surface area contributed by atoms with Crippen molar-refractivity contribution in [2.24, 2.45) is 0 Å². The molecule has 112 valence electrons. The highest BCUT2D eigenvalue weighted by Gasteiger charge is 2.20. The summed E-state index contributed by atoms with van der Waals surface area (Å²) in [5, 5.41) is 20.7. The number of aliphatic hydroxyl groups is 1. The lowest BCUT2D eigenvalue weighted by molar-refractivity contribution is -0.384. The minimum Gasteiger partial charge on any atom is -0.389 e. The van der Waals surface area contributed by atoms with E-state index in [0.29, 0.717) is 37.6 Å². The molecule has 0 amide bonds. The van der Waals surface area contributed by atoms with Gasteiger partial charge in [-0.1, -0.05) is 6.07 Å². The SMILES string of the molecule is CCOCCN(CC)c1ccc([C@@H](C)O)cc1[N+](=O)[O-]. The molecule has 1 atom stereocenters. The second kappa shape index (κ2) is 7.81. The molecule has 0 unspecified atom stereocenters. The molecule has 0 aromatic heterocycles. The smallest absolute Gasteiger partial charge is 0.292 e. The molecule has 0 fully saturated rings. The first-order valence-electron chi connectivity index (χ1n) is 6.80. The van der Waals surface area contributed by atoms with Gasteiger partial charge in [0.2, 0.25) is 0 Å². The maximum Gasteiger partial charge on any atom is 0.292 e. The van der Waals surface area contributed by atoms with Gasteiger partial charge in [0.1, 0.15) is 5.69 Å². The van der Waals surface area contributed by atoms with E-state index in [1.54, 1.807) is 19.1 Å². The Hall–Kier alpha value is -1.66. The molecule has 0 bridgehead atoms. The van der Waals surface area contributed by atoms with Crippen molar-refractivity contribution in [1.82, 2.24) is 0 Å². The third kappa shape index (κ3) is 4.18. The van der Waals surface area contributed by atoms with E-state index in [1.807, 2.05) is 18.7 Å². The Morgan fingerprint density at radius 1 is 1.45 bits per heavy atom. The predicted molar refractivity (Wildman–Crippen MR) is 78.1 cm³/mol. The number of likely N-dealkylation sites (N-methyl/N-ethyl adjacent to an activating group) is 1. The number of aliphatic hydroxyl groups excluding tert-OH is 1. The largest absolute Gasteiger partial charge is 0.389 e. The van der Waals surface area contributed by atoms with Gasteiger partial charge in [-0.25, -0.2) is 0 Å². The van der Waals surface area contributed by atoms with Crippen molar-refractivity contribution in [3.63, 3.8) is 0 Å². The van der Waals surface area contributed by atoms with Gasteiger partial charge in [0.05, 0.1) is 17.6 Å². The standard InChI is InChI=1S/C14H22N2O4/c1-4-15(8-9-20-5-2)13-7-6-12(11(3)17)10-14(13)16(18)19/h6-7,10-11,17H,4-5,8-9H2,1-3H3/t11-/m1/s1. The number of nitro benzene ring substituents is 1. The van der Waals surface area contributed by atoms with Crippen LogP contribution >= 0.6 is 0 Å². The van der Waals surface area contributed by atoms with Crippen LogP contribution in [-0.4, -0.2) is 36.3 Å². The second-order valence-electron chi connectivity index (χ2n) is 4.46. The molecule has 6 heteroatoms. The topological polar surface area (TPSA) is 75.8 Å². The van der Waals surface area contributed by atoms with E-state index in [1.165, 1.54) is 6.07 Å². The maximum atomic E-state index is 11.2. The molecule has 0 saturated carbocycles. The average Bonchev–Trinajstić information content (AvgIpc) is 2.43. The summed E-state index contributed by atoms with van der Waals surface area (Å²) >= 11 is 0. The molecule has 0 heterocycles. The van der Waals surface area contributed by atoms with Crippen LogP contribution in [0.5, 0.6) is 0 Å². The third-order valence-corrected chi connectivity index (χ3v) is 3.11. The first-order valence-corrected chi connectivity index (χ1v) is 6.80. The number of ether oxygens (including phenoxy) is 1. The number of hydrogen-bond acceptors (Lipinski definition) is 5. The maximum absolute atomic E-state index is 11.2. The molecule has 1 aromatic rings. The van der Waals surface area contributed by atoms with Gasteiger partial charge in [-0.05, 0) is 32.4 Å². The second-order valence-corrected chi connectivity index (χ2v) is 4.46. The summed E-state index contributed by atoms with van der Waals surface area (Å²) < 4.78 is 5.30. The molecule has 1 aromatic carbocycles. The van der Waals surface area contributed by atoms with Gasteiger partial charge >= 0.3 is 0 Å². The first-order chi connectivity index (χ1) is 9.51. The van der Waals surface area contributed by atoms with Crippen LogP contribution in [0.3, 0.4) is 0 Å². The molecular formula is C14H22N2O4. The van der Waals surface area contributed by atoms with Crippen LogP contribution < -0.4 is 4.90 Å². The van der Waals surface area contributed by atoms with E-state index in [0.717, 1.165) is 0 Å². The Kier molecular flexibility index (Phi) is 6.41. The van der Waals surface area contributed by atoms with Crippen LogP contribution in [0.25, 0.3) is 0 Å². The van der Waals surface area contributed by atoms with Crippen LogP contribution in [0.2, 0.25) is 0 Å². The summed E-state index contributed by atoms with van der Waals surface area (Å²) in [6.45, 7) is 7.85. The quantitative estimate of drug-likeness (QED) is 0.450. The molecule has 0 spiro atoms. The zero-order chi connectivity index (χ0) is 15.1. The molecule has 0 radical (unpaired) electrons. The lowest BCUT2D eigenvalue weighted by atomic mass is 10.1. The van der Waals surface area contributed by atoms with Crippen LogP contribution in [-0.2, 0) is 4.74 Å². The first kappa shape index (κ1) is 16.4. The van der Waals surface area contributed by atoms with E-state index in [-0.39, 0.29) is 5.69 Å². The van der Waals surface area contributed by atoms with E-state index < -0.39 is 11.0 Å². The van der Waals surface area contributed by atoms with Gasteiger partial charge in [-0.2, -0.15) is 0 Å². The summed E-state index contributed by atoms with van der Waals surface area (Å²) in [6, 6.07) is 4.84. The van der Waals surface area contributed by atoms with Crippen molar-refractivity contribution in [1.29, 1.82) is 0 Å². The molecular weight excluding hydrogens is 260 g/mol. The monoisotopic (exact) mass is 282 g/mol. The Bertz CT molecular complexity index is 449. The molecule has 0 aliphatic heterocycles. The van der Waals surface area contributed by atoms with E-state index in [4.69, 9.17) is 4.74 Å². The summed E-state index contributed by atoms with van der Waals surface area (Å²) in [7, 11) is 0. The van der Waals surface area contributed by atoms with Crippen molar-refractivity contribution in [3.8, 4) is 0 Å². The average molecular weight is 282 g/mol. The minimum absolute atomic E-state index is 0.0155. The lowest BCUT2D eigenvalue weighted by Crippen LogP contribution is -2.27. The van der Waals surface area contributed by atoms with Crippen molar-refractivity contribution >= 4 is 11.4 Å². The molecule has 0 aliphatic rings. The van der Waals surface area contributed by atoms with Crippen molar-refractivity contribution in [3.05, 3.63) is 33.9 Å². The van der Waals surface area contributed by atoms with E-state index >= 15 is 0 Å². The Morgan fingerprint density at radius 3 is 2.65 bits per heavy atom. The molecule has 1 N–H and O–H groups in total. The summed E-state index contributed by atoms with van der Waals surface area (Å²) in [5.74, 6) is 0. The molecule has 20 heavy (non-hydrogen) atoms. The zero-order valence-corrected chi connectivity index (χ0v) is 12.2. The fraction of sp³-hybridized carbons (Fsp3) is 0.571. The van der Waals surface area contributed by atoms with Gasteiger partial charge in [0, 0.05) is 25.8 Å². The van der Waals surface area contributed by atoms with Crippen molar-refractivity contribution in [2.75, 3.05) is 31.2 Å². The van der Waals surface area contributed by atoms with Gasteiger partial charge < -0.3 is 14.7 Å². The number of nitro groups is 1. The third-order valence-electron chi connectivity index (χ3n) is 3.11. The Morgan fingerprint density at radius 2 is 2.15 bits per heavy atom. The molecule has 0 saturated heterocycles. The molecule has 0 aliphatic carbocycles. The van der Waals surface area contributed by atoms with E-state index in [2.05, 4.69) is 0 Å².